The van der Waals surface area contributed by atoms with Gasteiger partial charge in [-0.1, -0.05) is 32.5 Å². The van der Waals surface area contributed by atoms with Crippen LogP contribution in [0.2, 0.25) is 0 Å². The van der Waals surface area contributed by atoms with Crippen molar-refractivity contribution >= 4 is 17.0 Å². The highest BCUT2D eigenvalue weighted by Crippen LogP contribution is 2.24. The van der Waals surface area contributed by atoms with Gasteiger partial charge in [-0.15, -0.1) is 0 Å². The molecule has 0 atom stereocenters. The third kappa shape index (κ3) is 7.92. The minimum absolute atomic E-state index is 0.00463. The van der Waals surface area contributed by atoms with Crippen molar-refractivity contribution in [3.05, 3.63) is 0 Å². The van der Waals surface area contributed by atoms with Crippen LogP contribution in [0.5, 0.6) is 0 Å². The van der Waals surface area contributed by atoms with Crippen molar-refractivity contribution in [3.63, 3.8) is 0 Å². The monoisotopic (exact) mass is 189 g/mol. The predicted molar refractivity (Wildman–Crippen MR) is 55.6 cm³/mol. The number of nitrogens with one attached hydrogen (secondary N) is 1. The molecule has 0 aliphatic rings. The molecule has 3 heteroatoms. The average Bonchev–Trinajstić information content (AvgIpc) is 1.49. The van der Waals surface area contributed by atoms with Gasteiger partial charge < -0.3 is 5.32 Å². The minimum atomic E-state index is -0.130. The molecule has 0 rings (SSSR count). The summed E-state index contributed by atoms with van der Waals surface area (Å²) in [7, 11) is 0. The van der Waals surface area contributed by atoms with E-state index in [4.69, 9.17) is 0 Å². The van der Waals surface area contributed by atoms with Crippen LogP contribution in [0.4, 0.5) is 4.79 Å². The van der Waals surface area contributed by atoms with Crippen LogP contribution in [0, 0.1) is 0 Å². The Balaban J connectivity index is 3.92. The van der Waals surface area contributed by atoms with Crippen LogP contribution in [0.3, 0.4) is 0 Å². The molecule has 0 saturated carbocycles. The molecule has 0 aromatic rings. The number of rotatable bonds is 0. The molecule has 0 aromatic heterocycles. The second-order valence-electron chi connectivity index (χ2n) is 4.88. The van der Waals surface area contributed by atoms with Gasteiger partial charge in [0.05, 0.1) is 0 Å². The van der Waals surface area contributed by atoms with E-state index in [9.17, 15) is 4.79 Å². The smallest absolute Gasteiger partial charge is 0.279 e. The lowest BCUT2D eigenvalue weighted by molar-refractivity contribution is 0.252. The Morgan fingerprint density at radius 1 is 1.08 bits per heavy atom. The molecule has 1 amide bonds. The third-order valence-electron chi connectivity index (χ3n) is 0.876. The van der Waals surface area contributed by atoms with E-state index in [0.717, 1.165) is 0 Å². The highest BCUT2D eigenvalue weighted by atomic mass is 32.2. The topological polar surface area (TPSA) is 29.1 Å². The molecule has 0 heterocycles. The molecule has 12 heavy (non-hydrogen) atoms. The van der Waals surface area contributed by atoms with E-state index in [1.165, 1.54) is 11.8 Å². The van der Waals surface area contributed by atoms with Gasteiger partial charge in [-0.3, -0.25) is 4.79 Å². The number of thioether (sulfide) groups is 1. The fraction of sp³-hybridized carbons (Fsp3) is 0.889. The Morgan fingerprint density at radius 3 is 1.75 bits per heavy atom. The predicted octanol–water partition coefficient (Wildman–Crippen LogP) is 3.03. The first kappa shape index (κ1) is 11.8. The Hall–Kier alpha value is -0.180. The van der Waals surface area contributed by atoms with Gasteiger partial charge in [-0.25, -0.2) is 0 Å². The van der Waals surface area contributed by atoms with E-state index in [-0.39, 0.29) is 15.5 Å². The second kappa shape index (κ2) is 3.69. The van der Waals surface area contributed by atoms with Crippen molar-refractivity contribution in [3.8, 4) is 0 Å². The molecule has 0 radical (unpaired) electrons. The van der Waals surface area contributed by atoms with Gasteiger partial charge >= 0.3 is 0 Å². The first-order valence-electron chi connectivity index (χ1n) is 4.11. The maximum absolute atomic E-state index is 11.3. The highest BCUT2D eigenvalue weighted by Gasteiger charge is 2.20. The SMILES string of the molecule is CC(C)(C)NC(=O)SC(C)(C)C. The van der Waals surface area contributed by atoms with Crippen LogP contribution in [0.15, 0.2) is 0 Å². The fourth-order valence-corrected chi connectivity index (χ4v) is 1.52. The summed E-state index contributed by atoms with van der Waals surface area (Å²) in [6, 6.07) is 0. The lowest BCUT2D eigenvalue weighted by atomic mass is 10.1. The quantitative estimate of drug-likeness (QED) is 0.634. The average molecular weight is 189 g/mol. The zero-order valence-corrected chi connectivity index (χ0v) is 9.63. The molecule has 0 fully saturated rings. The lowest BCUT2D eigenvalue weighted by Gasteiger charge is -2.23. The normalized spacial score (nSPS) is 12.8. The van der Waals surface area contributed by atoms with Crippen molar-refractivity contribution in [1.29, 1.82) is 0 Å². The summed E-state index contributed by atoms with van der Waals surface area (Å²) in [4.78, 5) is 11.3. The van der Waals surface area contributed by atoms with Crippen molar-refractivity contribution < 1.29 is 4.79 Å². The van der Waals surface area contributed by atoms with Gasteiger partial charge in [-0.2, -0.15) is 0 Å². The van der Waals surface area contributed by atoms with Crippen LogP contribution in [0.1, 0.15) is 41.5 Å². The zero-order valence-electron chi connectivity index (χ0n) is 8.82. The Labute approximate surface area is 79.5 Å². The summed E-state index contributed by atoms with van der Waals surface area (Å²) in [6.45, 7) is 12.0. The Morgan fingerprint density at radius 2 is 1.50 bits per heavy atom. The van der Waals surface area contributed by atoms with E-state index in [2.05, 4.69) is 5.32 Å². The Bertz CT molecular complexity index is 146. The van der Waals surface area contributed by atoms with Crippen LogP contribution >= 0.6 is 11.8 Å². The van der Waals surface area contributed by atoms with Crippen LogP contribution in [-0.2, 0) is 0 Å². The largest absolute Gasteiger partial charge is 0.342 e. The van der Waals surface area contributed by atoms with Gasteiger partial charge in [-0.05, 0) is 20.8 Å². The van der Waals surface area contributed by atoms with Gasteiger partial charge in [0.15, 0.2) is 0 Å². The molecular formula is C9H19NOS. The number of amides is 1. The van der Waals surface area contributed by atoms with Crippen molar-refractivity contribution in [2.24, 2.45) is 0 Å². The van der Waals surface area contributed by atoms with Crippen molar-refractivity contribution in [2.45, 2.75) is 51.8 Å². The van der Waals surface area contributed by atoms with Gasteiger partial charge in [0.2, 0.25) is 0 Å². The fourth-order valence-electron chi connectivity index (χ4n) is 0.610. The first-order chi connectivity index (χ1) is 5.10. The van der Waals surface area contributed by atoms with Crippen LogP contribution in [0.25, 0.3) is 0 Å². The summed E-state index contributed by atoms with van der Waals surface area (Å²) >= 11 is 1.33. The maximum Gasteiger partial charge on any atom is 0.279 e. The van der Waals surface area contributed by atoms with Crippen molar-refractivity contribution in [2.75, 3.05) is 0 Å². The van der Waals surface area contributed by atoms with E-state index >= 15 is 0 Å². The molecule has 0 bridgehead atoms. The van der Waals surface area contributed by atoms with E-state index in [0.29, 0.717) is 0 Å². The lowest BCUT2D eigenvalue weighted by Crippen LogP contribution is -2.39. The standard InChI is InChI=1S/C9H19NOS/c1-8(2,3)10-7(11)12-9(4,5)6/h1-6H3,(H,10,11). The molecule has 1 N–H and O–H groups in total. The molecule has 0 aliphatic carbocycles. The summed E-state index contributed by atoms with van der Waals surface area (Å²) < 4.78 is -0.00463. The molecule has 0 aliphatic heterocycles. The van der Waals surface area contributed by atoms with Gasteiger partial charge in [0.1, 0.15) is 0 Å². The van der Waals surface area contributed by atoms with Gasteiger partial charge in [0.25, 0.3) is 5.24 Å². The molecule has 0 aromatic carbocycles. The van der Waals surface area contributed by atoms with E-state index in [1.807, 2.05) is 41.5 Å². The summed E-state index contributed by atoms with van der Waals surface area (Å²) in [5.74, 6) is 0. The summed E-state index contributed by atoms with van der Waals surface area (Å²) in [5, 5.41) is 2.95. The molecule has 0 unspecified atom stereocenters. The van der Waals surface area contributed by atoms with E-state index in [1.54, 1.807) is 0 Å². The molecular weight excluding hydrogens is 170 g/mol. The van der Waals surface area contributed by atoms with Gasteiger partial charge in [0, 0.05) is 10.3 Å². The zero-order chi connectivity index (χ0) is 9.99. The summed E-state index contributed by atoms with van der Waals surface area (Å²) in [6.07, 6.45) is 0. The first-order valence-corrected chi connectivity index (χ1v) is 4.93. The molecule has 0 saturated heterocycles. The number of hydrogen-bond acceptors (Lipinski definition) is 2. The van der Waals surface area contributed by atoms with Crippen molar-refractivity contribution in [1.82, 2.24) is 5.32 Å². The van der Waals surface area contributed by atoms with E-state index < -0.39 is 0 Å². The number of hydrogen-bond donors (Lipinski definition) is 1. The second-order valence-corrected chi connectivity index (χ2v) is 6.68. The minimum Gasteiger partial charge on any atom is -0.342 e. The molecule has 72 valence electrons. The third-order valence-corrected chi connectivity index (χ3v) is 1.78. The summed E-state index contributed by atoms with van der Waals surface area (Å²) in [5.41, 5.74) is -0.130. The molecule has 2 nitrogen and oxygen atoms in total. The molecule has 0 spiro atoms. The maximum atomic E-state index is 11.3. The highest BCUT2D eigenvalue weighted by molar-refractivity contribution is 8.14. The van der Waals surface area contributed by atoms with Crippen LogP contribution < -0.4 is 5.32 Å². The number of carbonyl (C=O) groups is 1. The number of carbonyl (C=O) groups excluding carboxylic acids is 1. The Kier molecular flexibility index (Phi) is 3.63. The van der Waals surface area contributed by atoms with Crippen LogP contribution in [-0.4, -0.2) is 15.5 Å².